The van der Waals surface area contributed by atoms with Crippen LogP contribution in [0.15, 0.2) is 31.5 Å². The fraction of sp³-hybridized carbons (Fsp3) is 0.357. The lowest BCUT2D eigenvalue weighted by Gasteiger charge is -2.33. The number of amides is 1. The molecule has 7 nitrogen and oxygen atoms in total. The van der Waals surface area contributed by atoms with Gasteiger partial charge in [0.1, 0.15) is 4.21 Å². The Balaban J connectivity index is 1.71. The first kappa shape index (κ1) is 20.0. The summed E-state index contributed by atoms with van der Waals surface area (Å²) in [6, 6.07) is 3.28. The number of hydrogen-bond donors (Lipinski definition) is 0. The molecule has 140 valence electrons. The zero-order valence-electron chi connectivity index (χ0n) is 13.6. The Morgan fingerprint density at radius 2 is 2.00 bits per heavy atom. The Morgan fingerprint density at radius 3 is 2.58 bits per heavy atom. The van der Waals surface area contributed by atoms with Gasteiger partial charge in [0, 0.05) is 26.2 Å². The van der Waals surface area contributed by atoms with Crippen LogP contribution in [0.3, 0.4) is 0 Å². The Morgan fingerprint density at radius 1 is 1.31 bits per heavy atom. The summed E-state index contributed by atoms with van der Waals surface area (Å²) in [6.45, 7) is 1.00. The molecule has 1 aliphatic heterocycles. The van der Waals surface area contributed by atoms with Gasteiger partial charge in [-0.3, -0.25) is 4.79 Å². The van der Waals surface area contributed by atoms with Crippen LogP contribution in [-0.4, -0.2) is 65.9 Å². The molecule has 0 N–H and O–H groups in total. The third kappa shape index (κ3) is 4.07. The van der Waals surface area contributed by atoms with E-state index >= 15 is 0 Å². The summed E-state index contributed by atoms with van der Waals surface area (Å²) in [7, 11) is -3.54. The van der Waals surface area contributed by atoms with Crippen LogP contribution in [0.1, 0.15) is 10.5 Å². The van der Waals surface area contributed by atoms with Crippen molar-refractivity contribution in [2.45, 2.75) is 9.37 Å². The van der Waals surface area contributed by atoms with E-state index in [2.05, 4.69) is 25.9 Å². The standard InChI is InChI=1S/C14H14BrClN4O3S3/c1-24-14-17-8-9(16)12(18-14)13(21)19-4-6-20(7-5-19)26(22,23)11-3-2-10(15)25-11/h2-3,8H,4-7H2,1H3. The molecule has 1 amide bonds. The van der Waals surface area contributed by atoms with Gasteiger partial charge >= 0.3 is 0 Å². The Labute approximate surface area is 172 Å². The van der Waals surface area contributed by atoms with E-state index in [-0.39, 0.29) is 47.0 Å². The molecule has 0 aromatic carbocycles. The van der Waals surface area contributed by atoms with Crippen molar-refractivity contribution < 1.29 is 13.2 Å². The highest BCUT2D eigenvalue weighted by Gasteiger charge is 2.32. The summed E-state index contributed by atoms with van der Waals surface area (Å²) in [6.07, 6.45) is 3.22. The summed E-state index contributed by atoms with van der Waals surface area (Å²) in [5.74, 6) is -0.316. The molecule has 0 saturated carbocycles. The largest absolute Gasteiger partial charge is 0.335 e. The average molecular weight is 498 g/mol. The van der Waals surface area contributed by atoms with Crippen molar-refractivity contribution >= 4 is 66.6 Å². The maximum atomic E-state index is 12.7. The number of rotatable bonds is 4. The minimum absolute atomic E-state index is 0.143. The SMILES string of the molecule is CSc1ncc(Cl)c(C(=O)N2CCN(S(=O)(=O)c3ccc(Br)s3)CC2)n1. The summed E-state index contributed by atoms with van der Waals surface area (Å²) in [5.41, 5.74) is 0.143. The molecule has 26 heavy (non-hydrogen) atoms. The number of aromatic nitrogens is 2. The molecular formula is C14H14BrClN4O3S3. The lowest BCUT2D eigenvalue weighted by molar-refractivity contribution is 0.0691. The molecule has 1 aliphatic rings. The van der Waals surface area contributed by atoms with Crippen LogP contribution >= 0.6 is 50.6 Å². The van der Waals surface area contributed by atoms with Crippen molar-refractivity contribution in [3.63, 3.8) is 0 Å². The molecule has 2 aromatic heterocycles. The minimum Gasteiger partial charge on any atom is -0.335 e. The zero-order valence-corrected chi connectivity index (χ0v) is 18.3. The van der Waals surface area contributed by atoms with E-state index in [1.807, 2.05) is 6.26 Å². The second-order valence-electron chi connectivity index (χ2n) is 5.31. The molecule has 0 aliphatic carbocycles. The Hall–Kier alpha value is -0.720. The molecule has 0 unspecified atom stereocenters. The quantitative estimate of drug-likeness (QED) is 0.477. The highest BCUT2D eigenvalue weighted by molar-refractivity contribution is 9.11. The van der Waals surface area contributed by atoms with E-state index in [4.69, 9.17) is 11.6 Å². The zero-order chi connectivity index (χ0) is 18.9. The normalized spacial score (nSPS) is 16.0. The first-order chi connectivity index (χ1) is 12.3. The fourth-order valence-electron chi connectivity index (χ4n) is 2.44. The summed E-state index contributed by atoms with van der Waals surface area (Å²) < 4.78 is 27.7. The van der Waals surface area contributed by atoms with Crippen molar-refractivity contribution in [3.05, 3.63) is 32.8 Å². The number of nitrogens with zero attached hydrogens (tertiary/aromatic N) is 4. The van der Waals surface area contributed by atoms with Crippen LogP contribution in [0.25, 0.3) is 0 Å². The van der Waals surface area contributed by atoms with E-state index in [0.29, 0.717) is 5.16 Å². The number of thioether (sulfide) groups is 1. The van der Waals surface area contributed by atoms with Crippen molar-refractivity contribution in [3.8, 4) is 0 Å². The third-order valence-electron chi connectivity index (χ3n) is 3.78. The molecular weight excluding hydrogens is 484 g/mol. The number of carbonyl (C=O) groups is 1. The molecule has 3 rings (SSSR count). The van der Waals surface area contributed by atoms with E-state index in [1.165, 1.54) is 33.6 Å². The van der Waals surface area contributed by atoms with Gasteiger partial charge in [-0.15, -0.1) is 11.3 Å². The van der Waals surface area contributed by atoms with E-state index in [9.17, 15) is 13.2 Å². The topological polar surface area (TPSA) is 83.5 Å². The van der Waals surface area contributed by atoms with Crippen LogP contribution in [0.4, 0.5) is 0 Å². The Kier molecular flexibility index (Phi) is 6.25. The van der Waals surface area contributed by atoms with E-state index in [0.717, 1.165) is 3.79 Å². The molecule has 12 heteroatoms. The van der Waals surface area contributed by atoms with Gasteiger partial charge in [0.15, 0.2) is 10.9 Å². The second-order valence-corrected chi connectivity index (χ2v) is 11.1. The lowest BCUT2D eigenvalue weighted by atomic mass is 10.3. The predicted molar refractivity (Wildman–Crippen MR) is 106 cm³/mol. The first-order valence-electron chi connectivity index (χ1n) is 7.44. The number of thiophene rings is 1. The van der Waals surface area contributed by atoms with Crippen LogP contribution in [0, 0.1) is 0 Å². The molecule has 0 radical (unpaired) electrons. The van der Waals surface area contributed by atoms with Gasteiger partial charge < -0.3 is 4.90 Å². The Bertz CT molecular complexity index is 929. The van der Waals surface area contributed by atoms with Crippen LogP contribution < -0.4 is 0 Å². The van der Waals surface area contributed by atoms with Crippen LogP contribution in [0.2, 0.25) is 5.02 Å². The lowest BCUT2D eigenvalue weighted by Crippen LogP contribution is -2.50. The van der Waals surface area contributed by atoms with Gasteiger partial charge in [0.2, 0.25) is 0 Å². The number of piperazine rings is 1. The van der Waals surface area contributed by atoms with E-state index in [1.54, 1.807) is 17.0 Å². The molecule has 1 saturated heterocycles. The predicted octanol–water partition coefficient (Wildman–Crippen LogP) is 2.82. The maximum absolute atomic E-state index is 12.7. The van der Waals surface area contributed by atoms with Crippen molar-refractivity contribution in [2.24, 2.45) is 0 Å². The molecule has 1 fully saturated rings. The molecule has 3 heterocycles. The van der Waals surface area contributed by atoms with Gasteiger partial charge in [0.25, 0.3) is 15.9 Å². The van der Waals surface area contributed by atoms with Crippen LogP contribution in [-0.2, 0) is 10.0 Å². The van der Waals surface area contributed by atoms with Crippen molar-refractivity contribution in [1.29, 1.82) is 0 Å². The third-order valence-corrected chi connectivity index (χ3v) is 8.60. The number of carbonyl (C=O) groups excluding carboxylic acids is 1. The summed E-state index contributed by atoms with van der Waals surface area (Å²) >= 11 is 11.8. The molecule has 0 spiro atoms. The number of halogens is 2. The monoisotopic (exact) mass is 496 g/mol. The smallest absolute Gasteiger partial charge is 0.274 e. The van der Waals surface area contributed by atoms with Gasteiger partial charge in [0.05, 0.1) is 15.0 Å². The highest BCUT2D eigenvalue weighted by Crippen LogP contribution is 2.29. The summed E-state index contributed by atoms with van der Waals surface area (Å²) in [4.78, 5) is 22.5. The first-order valence-corrected chi connectivity index (χ1v) is 12.1. The molecule has 0 bridgehead atoms. The number of sulfonamides is 1. The highest BCUT2D eigenvalue weighted by atomic mass is 79.9. The van der Waals surface area contributed by atoms with Crippen molar-refractivity contribution in [1.82, 2.24) is 19.2 Å². The fourth-order valence-corrected chi connectivity index (χ4v) is 6.54. The average Bonchev–Trinajstić information content (AvgIpc) is 3.09. The number of hydrogen-bond acceptors (Lipinski definition) is 7. The molecule has 0 atom stereocenters. The minimum atomic E-state index is -3.54. The maximum Gasteiger partial charge on any atom is 0.274 e. The second kappa shape index (κ2) is 8.11. The summed E-state index contributed by atoms with van der Waals surface area (Å²) in [5, 5.41) is 0.647. The van der Waals surface area contributed by atoms with E-state index < -0.39 is 10.0 Å². The van der Waals surface area contributed by atoms with Gasteiger partial charge in [-0.1, -0.05) is 23.4 Å². The van der Waals surface area contributed by atoms with Crippen LogP contribution in [0.5, 0.6) is 0 Å². The van der Waals surface area contributed by atoms with Crippen molar-refractivity contribution in [2.75, 3.05) is 32.4 Å². The van der Waals surface area contributed by atoms with Gasteiger partial charge in [-0.25, -0.2) is 18.4 Å². The van der Waals surface area contributed by atoms with Gasteiger partial charge in [-0.2, -0.15) is 4.31 Å². The molecule has 2 aromatic rings. The van der Waals surface area contributed by atoms with Gasteiger partial charge in [-0.05, 0) is 34.3 Å².